The number of ether oxygens (including phenoxy) is 1. The molecule has 0 radical (unpaired) electrons. The number of carbonyl (C=O) groups is 2. The average Bonchev–Trinajstić information content (AvgIpc) is 2.79. The van der Waals surface area contributed by atoms with Gasteiger partial charge in [-0.05, 0) is 27.7 Å². The van der Waals surface area contributed by atoms with Gasteiger partial charge in [-0.3, -0.25) is 0 Å². The first-order valence-electron chi connectivity index (χ1n) is 7.03. The molecule has 0 spiro atoms. The van der Waals surface area contributed by atoms with Crippen molar-refractivity contribution < 1.29 is 29.6 Å². The van der Waals surface area contributed by atoms with E-state index in [1.54, 1.807) is 20.8 Å². The summed E-state index contributed by atoms with van der Waals surface area (Å²) < 4.78 is 5.97. The number of nitrogens with zero attached hydrogens (tertiary/aromatic N) is 3. The highest BCUT2D eigenvalue weighted by atomic mass is 16.6. The predicted octanol–water partition coefficient (Wildman–Crippen LogP) is 1.42. The van der Waals surface area contributed by atoms with Gasteiger partial charge in [0.15, 0.2) is 5.65 Å². The van der Waals surface area contributed by atoms with E-state index in [1.165, 1.54) is 6.92 Å². The van der Waals surface area contributed by atoms with Crippen LogP contribution in [0.5, 0.6) is 11.8 Å². The van der Waals surface area contributed by atoms with Crippen molar-refractivity contribution in [3.05, 3.63) is 17.3 Å². The zero-order chi connectivity index (χ0) is 18.2. The lowest BCUT2D eigenvalue weighted by atomic mass is 10.1. The summed E-state index contributed by atoms with van der Waals surface area (Å²) in [5.41, 5.74) is -1.33. The number of aromatic carboxylic acids is 1. The largest absolute Gasteiger partial charge is 0.493 e. The Morgan fingerprint density at radius 3 is 2.50 bits per heavy atom. The zero-order valence-corrected chi connectivity index (χ0v) is 13.6. The van der Waals surface area contributed by atoms with Gasteiger partial charge < -0.3 is 25.4 Å². The first-order valence-corrected chi connectivity index (χ1v) is 7.03. The molecular formula is C14H18N4O6. The number of hydrogen-bond acceptors (Lipinski definition) is 7. The van der Waals surface area contributed by atoms with Crippen molar-refractivity contribution in [2.45, 2.75) is 39.3 Å². The van der Waals surface area contributed by atoms with Crippen molar-refractivity contribution in [3.63, 3.8) is 0 Å². The van der Waals surface area contributed by atoms with Crippen LogP contribution in [0.1, 0.15) is 49.7 Å². The average molecular weight is 338 g/mol. The number of carboxylic acid groups (broad SMARTS) is 1. The quantitative estimate of drug-likeness (QED) is 0.657. The molecule has 0 bridgehead atoms. The molecule has 130 valence electrons. The van der Waals surface area contributed by atoms with Crippen LogP contribution in [-0.2, 0) is 4.74 Å². The van der Waals surface area contributed by atoms with E-state index in [9.17, 15) is 19.8 Å². The number of aromatic nitrogens is 3. The SMILES string of the molecule is CC(NC(=O)OC(C)(C)C)c1c(O)nc2c(C(=O)O)cnn2c1O. The molecule has 10 heteroatoms. The van der Waals surface area contributed by atoms with Gasteiger partial charge in [0.2, 0.25) is 11.8 Å². The van der Waals surface area contributed by atoms with Crippen molar-refractivity contribution in [1.29, 1.82) is 0 Å². The Balaban J connectivity index is 2.38. The van der Waals surface area contributed by atoms with Gasteiger partial charge in [0.1, 0.15) is 11.2 Å². The van der Waals surface area contributed by atoms with Crippen molar-refractivity contribution in [2.75, 3.05) is 0 Å². The van der Waals surface area contributed by atoms with Gasteiger partial charge in [-0.1, -0.05) is 0 Å². The lowest BCUT2D eigenvalue weighted by molar-refractivity contribution is 0.0506. The molecule has 0 aromatic carbocycles. The molecule has 0 aliphatic carbocycles. The summed E-state index contributed by atoms with van der Waals surface area (Å²) >= 11 is 0. The van der Waals surface area contributed by atoms with Crippen LogP contribution in [0.3, 0.4) is 0 Å². The number of amides is 1. The maximum Gasteiger partial charge on any atom is 0.408 e. The smallest absolute Gasteiger partial charge is 0.408 e. The molecule has 0 saturated carbocycles. The Labute approximate surface area is 136 Å². The molecule has 24 heavy (non-hydrogen) atoms. The van der Waals surface area contributed by atoms with E-state index in [2.05, 4.69) is 15.4 Å². The van der Waals surface area contributed by atoms with Gasteiger partial charge >= 0.3 is 12.1 Å². The molecule has 0 fully saturated rings. The minimum absolute atomic E-state index is 0.117. The molecule has 0 saturated heterocycles. The van der Waals surface area contributed by atoms with Crippen LogP contribution in [0.25, 0.3) is 5.65 Å². The maximum absolute atomic E-state index is 11.8. The summed E-state index contributed by atoms with van der Waals surface area (Å²) in [6.07, 6.45) is 0.250. The Morgan fingerprint density at radius 2 is 1.96 bits per heavy atom. The number of alkyl carbamates (subject to hydrolysis) is 1. The summed E-state index contributed by atoms with van der Waals surface area (Å²) in [4.78, 5) is 26.6. The third kappa shape index (κ3) is 3.31. The first kappa shape index (κ1) is 17.3. The zero-order valence-electron chi connectivity index (χ0n) is 13.6. The predicted molar refractivity (Wildman–Crippen MR) is 81.1 cm³/mol. The van der Waals surface area contributed by atoms with Gasteiger partial charge in [0, 0.05) is 0 Å². The Kier molecular flexibility index (Phi) is 4.24. The van der Waals surface area contributed by atoms with E-state index in [-0.39, 0.29) is 16.8 Å². The molecule has 0 aliphatic heterocycles. The van der Waals surface area contributed by atoms with Gasteiger partial charge in [-0.15, -0.1) is 0 Å². The van der Waals surface area contributed by atoms with Crippen LogP contribution < -0.4 is 5.32 Å². The van der Waals surface area contributed by atoms with Crippen LogP contribution in [-0.4, -0.2) is 47.6 Å². The molecular weight excluding hydrogens is 320 g/mol. The van der Waals surface area contributed by atoms with E-state index in [4.69, 9.17) is 9.84 Å². The molecule has 1 amide bonds. The third-order valence-corrected chi connectivity index (χ3v) is 3.03. The molecule has 2 aromatic rings. The summed E-state index contributed by atoms with van der Waals surface area (Å²) in [6, 6.07) is -0.866. The van der Waals surface area contributed by atoms with Gasteiger partial charge in [-0.25, -0.2) is 9.59 Å². The third-order valence-electron chi connectivity index (χ3n) is 3.03. The van der Waals surface area contributed by atoms with E-state index in [0.717, 1.165) is 10.7 Å². The fourth-order valence-corrected chi connectivity index (χ4v) is 2.07. The van der Waals surface area contributed by atoms with Crippen molar-refractivity contribution in [1.82, 2.24) is 19.9 Å². The summed E-state index contributed by atoms with van der Waals surface area (Å²) in [6.45, 7) is 6.57. The lowest BCUT2D eigenvalue weighted by Crippen LogP contribution is -2.34. The fraction of sp³-hybridized carbons (Fsp3) is 0.429. The highest BCUT2D eigenvalue weighted by Gasteiger charge is 2.26. The number of rotatable bonds is 3. The van der Waals surface area contributed by atoms with Gasteiger partial charge in [0.05, 0.1) is 17.8 Å². The summed E-state index contributed by atoms with van der Waals surface area (Å²) in [5.74, 6) is -2.45. The Morgan fingerprint density at radius 1 is 1.33 bits per heavy atom. The van der Waals surface area contributed by atoms with E-state index >= 15 is 0 Å². The number of hydrogen-bond donors (Lipinski definition) is 4. The second-order valence-electron chi connectivity index (χ2n) is 6.14. The van der Waals surface area contributed by atoms with Crippen molar-refractivity contribution >= 4 is 17.7 Å². The number of nitrogens with one attached hydrogen (secondary N) is 1. The fourth-order valence-electron chi connectivity index (χ4n) is 2.07. The molecule has 1 atom stereocenters. The minimum Gasteiger partial charge on any atom is -0.493 e. The number of fused-ring (bicyclic) bond motifs is 1. The monoisotopic (exact) mass is 338 g/mol. The van der Waals surface area contributed by atoms with Crippen molar-refractivity contribution in [3.8, 4) is 11.8 Å². The molecule has 0 aliphatic rings. The second kappa shape index (κ2) is 5.87. The van der Waals surface area contributed by atoms with E-state index < -0.39 is 35.5 Å². The number of carboxylic acids is 1. The van der Waals surface area contributed by atoms with Gasteiger partial charge in [-0.2, -0.15) is 14.6 Å². The molecule has 4 N–H and O–H groups in total. The Bertz CT molecular complexity index is 808. The van der Waals surface area contributed by atoms with Crippen LogP contribution in [0.4, 0.5) is 4.79 Å². The van der Waals surface area contributed by atoms with Crippen LogP contribution >= 0.6 is 0 Å². The number of carbonyl (C=O) groups excluding carboxylic acids is 1. The highest BCUT2D eigenvalue weighted by molar-refractivity contribution is 5.94. The van der Waals surface area contributed by atoms with Crippen LogP contribution in [0.2, 0.25) is 0 Å². The summed E-state index contributed by atoms with van der Waals surface area (Å²) in [5, 5.41) is 35.5. The topological polar surface area (TPSA) is 146 Å². The lowest BCUT2D eigenvalue weighted by Gasteiger charge is -2.22. The maximum atomic E-state index is 11.8. The van der Waals surface area contributed by atoms with Crippen LogP contribution in [0, 0.1) is 0 Å². The molecule has 1 unspecified atom stereocenters. The highest BCUT2D eigenvalue weighted by Crippen LogP contribution is 2.32. The van der Waals surface area contributed by atoms with E-state index in [0.29, 0.717) is 0 Å². The molecule has 10 nitrogen and oxygen atoms in total. The molecule has 2 heterocycles. The molecule has 2 aromatic heterocycles. The van der Waals surface area contributed by atoms with E-state index in [1.807, 2.05) is 0 Å². The standard InChI is InChI=1S/C14H18N4O6/c1-6(16-13(23)24-14(2,3)4)8-10(19)17-9-7(12(21)22)5-15-18(9)11(8)20/h5-6,20H,1-4H3,(H,16,23)(H,17,19)(H,21,22). The normalized spacial score (nSPS) is 12.8. The van der Waals surface area contributed by atoms with Gasteiger partial charge in [0.25, 0.3) is 0 Å². The number of aromatic hydroxyl groups is 2. The first-order chi connectivity index (χ1) is 11.0. The Hall–Kier alpha value is -3.04. The second-order valence-corrected chi connectivity index (χ2v) is 6.14. The van der Waals surface area contributed by atoms with Crippen molar-refractivity contribution in [2.24, 2.45) is 0 Å². The summed E-state index contributed by atoms with van der Waals surface area (Å²) in [7, 11) is 0. The minimum atomic E-state index is -1.30. The van der Waals surface area contributed by atoms with Crippen LogP contribution in [0.15, 0.2) is 6.20 Å². The molecule has 2 rings (SSSR count).